The van der Waals surface area contributed by atoms with Crippen molar-refractivity contribution in [3.8, 4) is 0 Å². The number of thiocarbonyl (C=S) groups is 1. The zero-order valence-electron chi connectivity index (χ0n) is 18.2. The summed E-state index contributed by atoms with van der Waals surface area (Å²) in [7, 11) is 0. The summed E-state index contributed by atoms with van der Waals surface area (Å²) in [5, 5.41) is 4.54. The minimum atomic E-state index is -0.416. The van der Waals surface area contributed by atoms with Crippen molar-refractivity contribution in [1.82, 2.24) is 5.32 Å². The summed E-state index contributed by atoms with van der Waals surface area (Å²) < 4.78 is 5.04. The van der Waals surface area contributed by atoms with Gasteiger partial charge in [0.2, 0.25) is 5.91 Å². The van der Waals surface area contributed by atoms with E-state index in [9.17, 15) is 9.59 Å². The first-order valence-corrected chi connectivity index (χ1v) is 11.9. The summed E-state index contributed by atoms with van der Waals surface area (Å²) in [4.78, 5) is 26.4. The van der Waals surface area contributed by atoms with Crippen LogP contribution in [0.25, 0.3) is 0 Å². The molecule has 0 aromatic heterocycles. The van der Waals surface area contributed by atoms with Crippen molar-refractivity contribution < 1.29 is 14.3 Å². The zero-order chi connectivity index (χ0) is 24.7. The first-order chi connectivity index (χ1) is 16.3. The maximum atomic E-state index is 12.7. The molecule has 0 heterocycles. The summed E-state index contributed by atoms with van der Waals surface area (Å²) in [5.41, 5.74) is 2.63. The number of hydrogen-bond donors (Lipinski definition) is 1. The van der Waals surface area contributed by atoms with Gasteiger partial charge in [0.25, 0.3) is 0 Å². The maximum Gasteiger partial charge on any atom is 0.338 e. The van der Waals surface area contributed by atoms with E-state index in [-0.39, 0.29) is 30.6 Å². The van der Waals surface area contributed by atoms with E-state index < -0.39 is 5.97 Å². The van der Waals surface area contributed by atoms with Gasteiger partial charge < -0.3 is 15.0 Å². The number of rotatable bonds is 7. The topological polar surface area (TPSA) is 58.6 Å². The van der Waals surface area contributed by atoms with Crippen LogP contribution in [-0.4, -0.2) is 23.6 Å². The molecule has 3 aromatic rings. The predicted octanol–water partition coefficient (Wildman–Crippen LogP) is 6.47. The lowest BCUT2D eigenvalue weighted by molar-refractivity contribution is -0.119. The molecule has 0 saturated carbocycles. The lowest BCUT2D eigenvalue weighted by atomic mass is 10.1. The lowest BCUT2D eigenvalue weighted by Crippen LogP contribution is -2.43. The van der Waals surface area contributed by atoms with Gasteiger partial charge in [0.05, 0.1) is 25.1 Å². The standard InChI is InChI=1S/C25H21Cl3N2O3S/c1-2-33-24(32)17-6-11-21(12-7-17)30(15-18-5-10-20(27)14-22(18)28)25(34)29-23(31)13-16-3-8-19(26)9-4-16/h3-12,14H,2,13,15H2,1H3,(H,29,31,34). The number of halogens is 3. The third-order valence-electron chi connectivity index (χ3n) is 4.80. The molecule has 0 atom stereocenters. The van der Waals surface area contributed by atoms with Crippen molar-refractivity contribution in [1.29, 1.82) is 0 Å². The number of amides is 1. The highest BCUT2D eigenvalue weighted by molar-refractivity contribution is 7.80. The van der Waals surface area contributed by atoms with Gasteiger partial charge in [-0.05, 0) is 78.8 Å². The highest BCUT2D eigenvalue weighted by atomic mass is 35.5. The van der Waals surface area contributed by atoms with E-state index in [1.807, 2.05) is 0 Å². The Kier molecular flexibility index (Phi) is 9.30. The second-order valence-corrected chi connectivity index (χ2v) is 8.91. The van der Waals surface area contributed by atoms with Crippen LogP contribution in [0.4, 0.5) is 5.69 Å². The SMILES string of the molecule is CCOC(=O)c1ccc(N(Cc2ccc(Cl)cc2Cl)C(=S)NC(=O)Cc2ccc(Cl)cc2)cc1. The van der Waals surface area contributed by atoms with Gasteiger partial charge in [-0.3, -0.25) is 4.79 Å². The molecule has 0 unspecified atom stereocenters. The Bertz CT molecular complexity index is 1190. The van der Waals surface area contributed by atoms with Crippen LogP contribution in [0.2, 0.25) is 15.1 Å². The van der Waals surface area contributed by atoms with E-state index in [0.717, 1.165) is 11.1 Å². The van der Waals surface area contributed by atoms with Crippen molar-refractivity contribution in [3.05, 3.63) is 98.5 Å². The molecular weight excluding hydrogens is 515 g/mol. The van der Waals surface area contributed by atoms with E-state index >= 15 is 0 Å². The molecule has 0 aliphatic carbocycles. The number of ether oxygens (including phenoxy) is 1. The molecule has 0 saturated heterocycles. The molecule has 34 heavy (non-hydrogen) atoms. The number of carbonyl (C=O) groups is 2. The van der Waals surface area contributed by atoms with Gasteiger partial charge in [0, 0.05) is 20.8 Å². The van der Waals surface area contributed by atoms with Gasteiger partial charge in [-0.25, -0.2) is 4.79 Å². The Labute approximate surface area is 218 Å². The normalized spacial score (nSPS) is 10.5. The van der Waals surface area contributed by atoms with Gasteiger partial charge >= 0.3 is 5.97 Å². The van der Waals surface area contributed by atoms with E-state index in [1.165, 1.54) is 0 Å². The molecule has 0 bridgehead atoms. The second-order valence-electron chi connectivity index (χ2n) is 7.25. The molecule has 1 N–H and O–H groups in total. The Hall–Kier alpha value is -2.64. The molecule has 9 heteroatoms. The Balaban J connectivity index is 1.82. The first kappa shape index (κ1) is 26.0. The van der Waals surface area contributed by atoms with Crippen LogP contribution in [0.5, 0.6) is 0 Å². The van der Waals surface area contributed by atoms with E-state index in [2.05, 4.69) is 5.32 Å². The van der Waals surface area contributed by atoms with Gasteiger partial charge in [0.1, 0.15) is 0 Å². The molecule has 1 amide bonds. The van der Waals surface area contributed by atoms with Crippen molar-refractivity contribution in [2.24, 2.45) is 0 Å². The molecule has 0 fully saturated rings. The van der Waals surface area contributed by atoms with E-state index in [1.54, 1.807) is 78.6 Å². The van der Waals surface area contributed by atoms with Crippen LogP contribution in [0.1, 0.15) is 28.4 Å². The molecule has 3 rings (SSSR count). The largest absolute Gasteiger partial charge is 0.462 e. The Morgan fingerprint density at radius 2 is 1.59 bits per heavy atom. The number of hydrogen-bond acceptors (Lipinski definition) is 4. The summed E-state index contributed by atoms with van der Waals surface area (Å²) in [6.45, 7) is 2.30. The highest BCUT2D eigenvalue weighted by Crippen LogP contribution is 2.25. The minimum absolute atomic E-state index is 0.134. The fraction of sp³-hybridized carbons (Fsp3) is 0.160. The van der Waals surface area contributed by atoms with Crippen LogP contribution in [0, 0.1) is 0 Å². The molecule has 0 spiro atoms. The first-order valence-electron chi connectivity index (χ1n) is 10.3. The van der Waals surface area contributed by atoms with Gasteiger partial charge in [-0.1, -0.05) is 53.0 Å². The molecule has 0 aliphatic rings. The molecule has 0 radical (unpaired) electrons. The number of nitrogens with zero attached hydrogens (tertiary/aromatic N) is 1. The minimum Gasteiger partial charge on any atom is -0.462 e. The van der Waals surface area contributed by atoms with Gasteiger partial charge in [-0.15, -0.1) is 0 Å². The maximum absolute atomic E-state index is 12.7. The molecule has 5 nitrogen and oxygen atoms in total. The van der Waals surface area contributed by atoms with E-state index in [4.69, 9.17) is 51.8 Å². The average molecular weight is 536 g/mol. The smallest absolute Gasteiger partial charge is 0.338 e. The van der Waals surface area contributed by atoms with Crippen molar-refractivity contribution >= 4 is 69.7 Å². The summed E-state index contributed by atoms with van der Waals surface area (Å²) in [6.07, 6.45) is 0.134. The highest BCUT2D eigenvalue weighted by Gasteiger charge is 2.18. The van der Waals surface area contributed by atoms with E-state index in [0.29, 0.717) is 26.3 Å². The van der Waals surface area contributed by atoms with Crippen LogP contribution in [0.15, 0.2) is 66.7 Å². The van der Waals surface area contributed by atoms with Crippen LogP contribution in [-0.2, 0) is 22.5 Å². The molecule has 176 valence electrons. The number of esters is 1. The number of nitrogens with one attached hydrogen (secondary N) is 1. The number of benzene rings is 3. The van der Waals surface area contributed by atoms with Crippen LogP contribution >= 0.6 is 47.0 Å². The lowest BCUT2D eigenvalue weighted by Gasteiger charge is -2.26. The number of carbonyl (C=O) groups excluding carboxylic acids is 2. The third-order valence-corrected chi connectivity index (χ3v) is 5.96. The second kappa shape index (κ2) is 12.2. The van der Waals surface area contributed by atoms with Crippen molar-refractivity contribution in [2.45, 2.75) is 19.9 Å². The third kappa shape index (κ3) is 7.18. The summed E-state index contributed by atoms with van der Waals surface area (Å²) in [5.74, 6) is -0.692. The van der Waals surface area contributed by atoms with Gasteiger partial charge in [0.15, 0.2) is 5.11 Å². The number of anilines is 1. The molecule has 0 aliphatic heterocycles. The predicted molar refractivity (Wildman–Crippen MR) is 141 cm³/mol. The fourth-order valence-electron chi connectivity index (χ4n) is 3.11. The zero-order valence-corrected chi connectivity index (χ0v) is 21.3. The molecular formula is C25H21Cl3N2O3S. The van der Waals surface area contributed by atoms with Crippen molar-refractivity contribution in [2.75, 3.05) is 11.5 Å². The monoisotopic (exact) mass is 534 g/mol. The quantitative estimate of drug-likeness (QED) is 0.277. The average Bonchev–Trinajstić information content (AvgIpc) is 2.80. The summed E-state index contributed by atoms with van der Waals surface area (Å²) >= 11 is 23.9. The Morgan fingerprint density at radius 3 is 2.21 bits per heavy atom. The van der Waals surface area contributed by atoms with Crippen LogP contribution < -0.4 is 10.2 Å². The van der Waals surface area contributed by atoms with Crippen molar-refractivity contribution in [3.63, 3.8) is 0 Å². The fourth-order valence-corrected chi connectivity index (χ4v) is 3.99. The summed E-state index contributed by atoms with van der Waals surface area (Å²) in [6, 6.07) is 18.9. The Morgan fingerprint density at radius 1 is 0.941 bits per heavy atom. The molecule has 3 aromatic carbocycles. The van der Waals surface area contributed by atoms with Crippen LogP contribution in [0.3, 0.4) is 0 Å². The van der Waals surface area contributed by atoms with Gasteiger partial charge in [-0.2, -0.15) is 0 Å².